The first kappa shape index (κ1) is 11.2. The zero-order valence-electron chi connectivity index (χ0n) is 8.06. The first-order chi connectivity index (χ1) is 6.67. The van der Waals surface area contributed by atoms with Gasteiger partial charge in [0.25, 0.3) is 0 Å². The summed E-state index contributed by atoms with van der Waals surface area (Å²) in [6.07, 6.45) is 2.25. The average molecular weight is 215 g/mol. The summed E-state index contributed by atoms with van der Waals surface area (Å²) >= 11 is 1.44. The number of hydrogen-bond donors (Lipinski definition) is 3. The third kappa shape index (κ3) is 2.83. The summed E-state index contributed by atoms with van der Waals surface area (Å²) in [4.78, 5) is 8.23. The zero-order chi connectivity index (χ0) is 10.6. The molecule has 0 radical (unpaired) electrons. The Balaban J connectivity index is 2.93. The van der Waals surface area contributed by atoms with Crippen LogP contribution in [0.5, 0.6) is 0 Å². The molecule has 0 aliphatic heterocycles. The SMILES string of the molecule is CNc1nc(SC)ncc1CC(O)O. The fourth-order valence-electron chi connectivity index (χ4n) is 1.05. The van der Waals surface area contributed by atoms with Crippen molar-refractivity contribution in [2.24, 2.45) is 0 Å². The van der Waals surface area contributed by atoms with E-state index in [1.54, 1.807) is 13.2 Å². The topological polar surface area (TPSA) is 78.3 Å². The van der Waals surface area contributed by atoms with Crippen molar-refractivity contribution in [3.05, 3.63) is 11.8 Å². The fraction of sp³-hybridized carbons (Fsp3) is 0.500. The van der Waals surface area contributed by atoms with Gasteiger partial charge in [-0.15, -0.1) is 0 Å². The largest absolute Gasteiger partial charge is 0.373 e. The van der Waals surface area contributed by atoms with Crippen molar-refractivity contribution in [3.63, 3.8) is 0 Å². The van der Waals surface area contributed by atoms with Crippen molar-refractivity contribution in [2.45, 2.75) is 17.9 Å². The van der Waals surface area contributed by atoms with Gasteiger partial charge < -0.3 is 15.5 Å². The lowest BCUT2D eigenvalue weighted by molar-refractivity contribution is -0.0381. The summed E-state index contributed by atoms with van der Waals surface area (Å²) < 4.78 is 0. The molecule has 3 N–H and O–H groups in total. The summed E-state index contributed by atoms with van der Waals surface area (Å²) in [6.45, 7) is 0. The van der Waals surface area contributed by atoms with Crippen molar-refractivity contribution in [3.8, 4) is 0 Å². The molecule has 0 amide bonds. The van der Waals surface area contributed by atoms with Gasteiger partial charge >= 0.3 is 0 Å². The molecule has 1 aromatic rings. The molecule has 5 nitrogen and oxygen atoms in total. The third-order valence-electron chi connectivity index (χ3n) is 1.66. The van der Waals surface area contributed by atoms with Crippen LogP contribution in [0, 0.1) is 0 Å². The van der Waals surface area contributed by atoms with Gasteiger partial charge in [0.1, 0.15) is 5.82 Å². The van der Waals surface area contributed by atoms with Gasteiger partial charge in [-0.3, -0.25) is 0 Å². The van der Waals surface area contributed by atoms with E-state index >= 15 is 0 Å². The number of aliphatic hydroxyl groups is 2. The Kier molecular flexibility index (Phi) is 4.12. The maximum Gasteiger partial charge on any atom is 0.189 e. The van der Waals surface area contributed by atoms with E-state index in [2.05, 4.69) is 15.3 Å². The van der Waals surface area contributed by atoms with Crippen LogP contribution in [0.25, 0.3) is 0 Å². The molecule has 1 rings (SSSR count). The summed E-state index contributed by atoms with van der Waals surface area (Å²) in [5.74, 6) is 0.637. The van der Waals surface area contributed by atoms with Crippen molar-refractivity contribution in [2.75, 3.05) is 18.6 Å². The van der Waals surface area contributed by atoms with Crippen LogP contribution in [-0.4, -0.2) is 39.8 Å². The van der Waals surface area contributed by atoms with E-state index in [9.17, 15) is 0 Å². The number of aromatic nitrogens is 2. The normalized spacial score (nSPS) is 10.6. The number of thioether (sulfide) groups is 1. The minimum absolute atomic E-state index is 0.130. The molecule has 0 saturated carbocycles. The first-order valence-corrected chi connectivity index (χ1v) is 5.33. The fourth-order valence-corrected chi connectivity index (χ4v) is 1.39. The molecule has 0 fully saturated rings. The van der Waals surface area contributed by atoms with Gasteiger partial charge in [-0.2, -0.15) is 0 Å². The van der Waals surface area contributed by atoms with Gasteiger partial charge in [0.15, 0.2) is 11.4 Å². The van der Waals surface area contributed by atoms with Crippen LogP contribution in [0.2, 0.25) is 0 Å². The Morgan fingerprint density at radius 1 is 1.57 bits per heavy atom. The Bertz CT molecular complexity index is 307. The van der Waals surface area contributed by atoms with Crippen LogP contribution in [0.4, 0.5) is 5.82 Å². The molecule has 0 aromatic carbocycles. The Hall–Kier alpha value is -0.850. The Labute approximate surface area is 86.6 Å². The lowest BCUT2D eigenvalue weighted by Gasteiger charge is -2.09. The quantitative estimate of drug-likeness (QED) is 0.375. The van der Waals surface area contributed by atoms with E-state index in [1.165, 1.54) is 11.8 Å². The van der Waals surface area contributed by atoms with E-state index in [1.807, 2.05) is 6.26 Å². The highest BCUT2D eigenvalue weighted by Gasteiger charge is 2.08. The predicted octanol–water partition coefficient (Wildman–Crippen LogP) is 0.0934. The van der Waals surface area contributed by atoms with Crippen LogP contribution in [0.1, 0.15) is 5.56 Å². The van der Waals surface area contributed by atoms with E-state index in [0.717, 1.165) is 0 Å². The molecule has 0 bridgehead atoms. The minimum Gasteiger partial charge on any atom is -0.373 e. The molecule has 0 spiro atoms. The van der Waals surface area contributed by atoms with E-state index in [0.29, 0.717) is 16.5 Å². The van der Waals surface area contributed by atoms with E-state index in [-0.39, 0.29) is 6.42 Å². The van der Waals surface area contributed by atoms with Crippen LogP contribution < -0.4 is 5.32 Å². The maximum atomic E-state index is 8.82. The second-order valence-corrected chi connectivity index (χ2v) is 3.44. The second kappa shape index (κ2) is 5.14. The van der Waals surface area contributed by atoms with Gasteiger partial charge in [0.2, 0.25) is 0 Å². The smallest absolute Gasteiger partial charge is 0.189 e. The molecular weight excluding hydrogens is 202 g/mol. The molecule has 0 saturated heterocycles. The number of hydrogen-bond acceptors (Lipinski definition) is 6. The van der Waals surface area contributed by atoms with E-state index < -0.39 is 6.29 Å². The minimum atomic E-state index is -1.37. The maximum absolute atomic E-state index is 8.82. The number of anilines is 1. The molecule has 14 heavy (non-hydrogen) atoms. The number of nitrogens with zero attached hydrogens (tertiary/aromatic N) is 2. The van der Waals surface area contributed by atoms with Crippen molar-refractivity contribution in [1.82, 2.24) is 9.97 Å². The summed E-state index contributed by atoms with van der Waals surface area (Å²) in [5, 5.41) is 21.2. The van der Waals surface area contributed by atoms with Gasteiger partial charge in [-0.1, -0.05) is 11.8 Å². The van der Waals surface area contributed by atoms with Crippen LogP contribution in [0.15, 0.2) is 11.4 Å². The van der Waals surface area contributed by atoms with Gasteiger partial charge in [-0.05, 0) is 6.26 Å². The second-order valence-electron chi connectivity index (χ2n) is 2.67. The standard InChI is InChI=1S/C8H13N3O2S/c1-9-7-5(3-6(12)13)4-10-8(11-7)14-2/h4,6,12-13H,3H2,1-2H3,(H,9,10,11). The third-order valence-corrected chi connectivity index (χ3v) is 2.23. The molecule has 0 unspecified atom stereocenters. The van der Waals surface area contributed by atoms with Crippen molar-refractivity contribution in [1.29, 1.82) is 0 Å². The monoisotopic (exact) mass is 215 g/mol. The Morgan fingerprint density at radius 3 is 2.79 bits per heavy atom. The lowest BCUT2D eigenvalue weighted by Crippen LogP contribution is -2.11. The number of nitrogens with one attached hydrogen (secondary N) is 1. The average Bonchev–Trinajstić information content (AvgIpc) is 2.17. The lowest BCUT2D eigenvalue weighted by atomic mass is 10.2. The number of rotatable bonds is 4. The van der Waals surface area contributed by atoms with E-state index in [4.69, 9.17) is 10.2 Å². The predicted molar refractivity (Wildman–Crippen MR) is 55.3 cm³/mol. The molecule has 78 valence electrons. The summed E-state index contributed by atoms with van der Waals surface area (Å²) in [6, 6.07) is 0. The van der Waals surface area contributed by atoms with Crippen LogP contribution in [0.3, 0.4) is 0 Å². The van der Waals surface area contributed by atoms with Crippen LogP contribution in [-0.2, 0) is 6.42 Å². The molecule has 0 aliphatic carbocycles. The molecule has 0 atom stereocenters. The zero-order valence-corrected chi connectivity index (χ0v) is 8.88. The highest BCUT2D eigenvalue weighted by molar-refractivity contribution is 7.98. The molecule has 0 aliphatic rings. The highest BCUT2D eigenvalue weighted by atomic mass is 32.2. The van der Waals surface area contributed by atoms with Gasteiger partial charge in [-0.25, -0.2) is 9.97 Å². The van der Waals surface area contributed by atoms with Crippen molar-refractivity contribution < 1.29 is 10.2 Å². The number of aliphatic hydroxyl groups excluding tert-OH is 1. The van der Waals surface area contributed by atoms with Crippen molar-refractivity contribution >= 4 is 17.6 Å². The van der Waals surface area contributed by atoms with Gasteiger partial charge in [0.05, 0.1) is 0 Å². The highest BCUT2D eigenvalue weighted by Crippen LogP contribution is 2.16. The molecule has 6 heteroatoms. The van der Waals surface area contributed by atoms with Gasteiger partial charge in [0, 0.05) is 25.2 Å². The Morgan fingerprint density at radius 2 is 2.29 bits per heavy atom. The molecular formula is C8H13N3O2S. The summed E-state index contributed by atoms with van der Waals surface area (Å²) in [5.41, 5.74) is 0.695. The molecule has 1 aromatic heterocycles. The first-order valence-electron chi connectivity index (χ1n) is 4.11. The van der Waals surface area contributed by atoms with Crippen LogP contribution >= 0.6 is 11.8 Å². The molecule has 1 heterocycles. The summed E-state index contributed by atoms with van der Waals surface area (Å²) in [7, 11) is 1.74.